The first-order valence-corrected chi connectivity index (χ1v) is 11.2. The quantitative estimate of drug-likeness (QED) is 0.521. The summed E-state index contributed by atoms with van der Waals surface area (Å²) in [6, 6.07) is 3.71. The van der Waals surface area contributed by atoms with E-state index in [1.807, 2.05) is 12.1 Å². The van der Waals surface area contributed by atoms with Crippen LogP contribution in [0.5, 0.6) is 11.5 Å². The van der Waals surface area contributed by atoms with Gasteiger partial charge in [-0.3, -0.25) is 14.5 Å². The van der Waals surface area contributed by atoms with Gasteiger partial charge in [0.1, 0.15) is 0 Å². The van der Waals surface area contributed by atoms with Gasteiger partial charge in [-0.1, -0.05) is 0 Å². The number of amides is 2. The van der Waals surface area contributed by atoms with Gasteiger partial charge in [0, 0.05) is 35.3 Å². The zero-order valence-electron chi connectivity index (χ0n) is 16.2. The van der Waals surface area contributed by atoms with Crippen LogP contribution in [0, 0.1) is 0 Å². The fourth-order valence-electron chi connectivity index (χ4n) is 3.48. The standard InChI is InChI=1S/C19H17BrN6O4S/c20-10-6-11-12(30-9-29-11)7-13(10)31-19-23-16-17(21)22-8-25(18(16)24-19)4-5-26-14(27)2-1-3-15(26)28/h6-8H,1-5,9,21H2. The van der Waals surface area contributed by atoms with E-state index in [9.17, 15) is 9.59 Å². The number of carbonyl (C=O) groups is 2. The average Bonchev–Trinajstić information content (AvgIpc) is 3.36. The number of ether oxygens (including phenoxy) is 2. The normalized spacial score (nSPS) is 15.8. The SMILES string of the molecule is Nc1ncn(CCN2C(=O)CCCC2=O)c2nc(Sc3cc4c(cc3Br)OCO4)nc1-2. The van der Waals surface area contributed by atoms with Crippen molar-refractivity contribution < 1.29 is 19.1 Å². The molecule has 4 heterocycles. The number of fused-ring (bicyclic) bond motifs is 2. The number of hydrogen-bond donors (Lipinski definition) is 1. The van der Waals surface area contributed by atoms with Crippen molar-refractivity contribution in [1.29, 1.82) is 0 Å². The molecule has 1 saturated heterocycles. The van der Waals surface area contributed by atoms with Gasteiger partial charge in [-0.2, -0.15) is 0 Å². The summed E-state index contributed by atoms with van der Waals surface area (Å²) in [6.45, 7) is 0.806. The van der Waals surface area contributed by atoms with Crippen LogP contribution >= 0.6 is 27.7 Å². The minimum absolute atomic E-state index is 0.144. The highest BCUT2D eigenvalue weighted by Crippen LogP contribution is 2.43. The van der Waals surface area contributed by atoms with Crippen molar-refractivity contribution in [2.24, 2.45) is 0 Å². The monoisotopic (exact) mass is 504 g/mol. The molecule has 4 aliphatic rings. The number of piperidine rings is 1. The van der Waals surface area contributed by atoms with Gasteiger partial charge in [0.25, 0.3) is 0 Å². The van der Waals surface area contributed by atoms with Crippen molar-refractivity contribution in [2.75, 3.05) is 19.1 Å². The van der Waals surface area contributed by atoms with Crippen LogP contribution in [0.25, 0.3) is 11.5 Å². The second kappa shape index (κ2) is 8.00. The number of hydrogen-bond acceptors (Lipinski definition) is 9. The van der Waals surface area contributed by atoms with Crippen molar-refractivity contribution in [3.63, 3.8) is 0 Å². The lowest BCUT2D eigenvalue weighted by Gasteiger charge is -2.25. The first-order chi connectivity index (χ1) is 15.0. The summed E-state index contributed by atoms with van der Waals surface area (Å²) < 4.78 is 13.4. The van der Waals surface area contributed by atoms with Crippen molar-refractivity contribution in [3.05, 3.63) is 22.9 Å². The summed E-state index contributed by atoms with van der Waals surface area (Å²) in [4.78, 5) is 39.6. The summed E-state index contributed by atoms with van der Waals surface area (Å²) >= 11 is 4.89. The molecule has 0 unspecified atom stereocenters. The molecule has 0 saturated carbocycles. The summed E-state index contributed by atoms with van der Waals surface area (Å²) in [5.41, 5.74) is 6.49. The maximum atomic E-state index is 12.1. The number of rotatable bonds is 5. The first-order valence-electron chi connectivity index (χ1n) is 9.58. The predicted molar refractivity (Wildman–Crippen MR) is 114 cm³/mol. The van der Waals surface area contributed by atoms with Crippen molar-refractivity contribution in [1.82, 2.24) is 24.4 Å². The molecule has 0 atom stereocenters. The molecule has 2 amide bonds. The zero-order valence-corrected chi connectivity index (χ0v) is 18.6. The highest BCUT2D eigenvalue weighted by molar-refractivity contribution is 9.10. The van der Waals surface area contributed by atoms with Gasteiger partial charge in [0.2, 0.25) is 18.6 Å². The van der Waals surface area contributed by atoms with Gasteiger partial charge in [0.05, 0.1) is 6.33 Å². The molecule has 5 rings (SSSR count). The van der Waals surface area contributed by atoms with E-state index in [-0.39, 0.29) is 31.0 Å². The largest absolute Gasteiger partial charge is 0.454 e. The molecule has 1 aromatic carbocycles. The van der Waals surface area contributed by atoms with Crippen LogP contribution in [0.15, 0.2) is 33.0 Å². The average molecular weight is 505 g/mol. The van der Waals surface area contributed by atoms with E-state index < -0.39 is 0 Å². The molecule has 160 valence electrons. The lowest BCUT2D eigenvalue weighted by molar-refractivity contribution is -0.148. The van der Waals surface area contributed by atoms with Gasteiger partial charge < -0.3 is 19.8 Å². The highest BCUT2D eigenvalue weighted by atomic mass is 79.9. The number of imidazole rings is 1. The molecule has 4 aliphatic heterocycles. The van der Waals surface area contributed by atoms with Crippen LogP contribution in [0.3, 0.4) is 0 Å². The molecule has 0 aliphatic carbocycles. The number of anilines is 1. The number of nitrogens with two attached hydrogens (primary N) is 1. The van der Waals surface area contributed by atoms with Crippen molar-refractivity contribution in [3.8, 4) is 23.0 Å². The van der Waals surface area contributed by atoms with Crippen LogP contribution in [0.4, 0.5) is 5.82 Å². The molecule has 2 N–H and O–H groups in total. The van der Waals surface area contributed by atoms with E-state index in [0.29, 0.717) is 54.0 Å². The third kappa shape index (κ3) is 3.81. The highest BCUT2D eigenvalue weighted by Gasteiger charge is 2.27. The van der Waals surface area contributed by atoms with Crippen LogP contribution in [-0.4, -0.2) is 49.6 Å². The molecule has 0 radical (unpaired) electrons. The summed E-state index contributed by atoms with van der Waals surface area (Å²) in [5.74, 6) is 1.86. The Bertz CT molecular complexity index is 1150. The molecule has 12 heteroatoms. The Balaban J connectivity index is 1.40. The van der Waals surface area contributed by atoms with Gasteiger partial charge in [0.15, 0.2) is 34.0 Å². The van der Waals surface area contributed by atoms with Gasteiger partial charge in [-0.25, -0.2) is 15.0 Å². The zero-order chi connectivity index (χ0) is 21.5. The number of carbonyl (C=O) groups excluding carboxylic acids is 2. The van der Waals surface area contributed by atoms with Crippen LogP contribution < -0.4 is 15.2 Å². The Kier molecular flexibility index (Phi) is 5.18. The Labute approximate surface area is 189 Å². The van der Waals surface area contributed by atoms with Crippen molar-refractivity contribution >= 4 is 45.3 Å². The summed E-state index contributed by atoms with van der Waals surface area (Å²) in [6.07, 6.45) is 2.95. The number of nitrogen functional groups attached to an aromatic ring is 1. The minimum atomic E-state index is -0.144. The molecule has 0 aromatic heterocycles. The first kappa shape index (κ1) is 20.1. The lowest BCUT2D eigenvalue weighted by atomic mass is 10.1. The molecule has 0 bridgehead atoms. The Morgan fingerprint density at radius 1 is 1.10 bits per heavy atom. The fraction of sp³-hybridized carbons (Fsp3) is 0.316. The van der Waals surface area contributed by atoms with Crippen LogP contribution in [0.1, 0.15) is 19.3 Å². The second-order valence-corrected chi connectivity index (χ2v) is 8.90. The van der Waals surface area contributed by atoms with Gasteiger partial charge >= 0.3 is 0 Å². The third-order valence-corrected chi connectivity index (χ3v) is 6.89. The van der Waals surface area contributed by atoms with Gasteiger partial charge in [-0.05, 0) is 46.2 Å². The van der Waals surface area contributed by atoms with E-state index in [1.54, 1.807) is 10.9 Å². The number of aromatic nitrogens is 4. The van der Waals surface area contributed by atoms with E-state index in [0.717, 1.165) is 9.37 Å². The van der Waals surface area contributed by atoms with Crippen molar-refractivity contribution in [2.45, 2.75) is 35.9 Å². The maximum absolute atomic E-state index is 12.1. The number of halogens is 1. The predicted octanol–water partition coefficient (Wildman–Crippen LogP) is 2.54. The smallest absolute Gasteiger partial charge is 0.231 e. The number of nitrogens with zero attached hydrogens (tertiary/aromatic N) is 5. The van der Waals surface area contributed by atoms with E-state index >= 15 is 0 Å². The Hall–Kier alpha value is -2.86. The summed E-state index contributed by atoms with van der Waals surface area (Å²) in [7, 11) is 0. The Morgan fingerprint density at radius 3 is 2.61 bits per heavy atom. The maximum Gasteiger partial charge on any atom is 0.231 e. The molecule has 1 fully saturated rings. The lowest BCUT2D eigenvalue weighted by Crippen LogP contribution is -2.42. The number of likely N-dealkylation sites (tertiary alicyclic amines) is 1. The molecular formula is C19H17BrN6O4S. The third-order valence-electron chi connectivity index (χ3n) is 5.05. The number of imide groups is 1. The Morgan fingerprint density at radius 2 is 1.84 bits per heavy atom. The van der Waals surface area contributed by atoms with Crippen LogP contribution in [0.2, 0.25) is 0 Å². The minimum Gasteiger partial charge on any atom is -0.454 e. The van der Waals surface area contributed by atoms with E-state index in [1.165, 1.54) is 16.7 Å². The van der Waals surface area contributed by atoms with E-state index in [2.05, 4.69) is 30.9 Å². The molecule has 10 nitrogen and oxygen atoms in total. The summed E-state index contributed by atoms with van der Waals surface area (Å²) in [5, 5.41) is 0.494. The topological polar surface area (TPSA) is 125 Å². The second-order valence-electron chi connectivity index (χ2n) is 7.03. The van der Waals surface area contributed by atoms with Crippen LogP contribution in [-0.2, 0) is 16.1 Å². The molecular weight excluding hydrogens is 488 g/mol. The van der Waals surface area contributed by atoms with E-state index in [4.69, 9.17) is 15.2 Å². The number of benzene rings is 1. The molecule has 1 aromatic rings. The fourth-order valence-corrected chi connectivity index (χ4v) is 4.83. The molecule has 31 heavy (non-hydrogen) atoms. The van der Waals surface area contributed by atoms with Gasteiger partial charge in [-0.15, -0.1) is 0 Å². The molecule has 0 spiro atoms.